The molecule has 0 saturated heterocycles. The van der Waals surface area contributed by atoms with Crippen LogP contribution >= 0.6 is 15.9 Å². The van der Waals surface area contributed by atoms with E-state index in [9.17, 15) is 13.2 Å². The lowest BCUT2D eigenvalue weighted by atomic mass is 10.0. The molecule has 0 aliphatic carbocycles. The van der Waals surface area contributed by atoms with Gasteiger partial charge in [-0.1, -0.05) is 22.9 Å². The van der Waals surface area contributed by atoms with Crippen molar-refractivity contribution in [2.45, 2.75) is 12.8 Å². The molecule has 13 heavy (non-hydrogen) atoms. The maximum Gasteiger partial charge on any atom is 0.165 e. The maximum atomic E-state index is 13.1. The molecule has 1 aromatic carbocycles. The molecule has 4 heteroatoms. The highest BCUT2D eigenvalue weighted by Gasteiger charge is 2.18. The van der Waals surface area contributed by atoms with Crippen LogP contribution in [0.15, 0.2) is 12.1 Å². The Bertz CT molecular complexity index is 312. The van der Waals surface area contributed by atoms with Crippen molar-refractivity contribution in [3.8, 4) is 0 Å². The molecule has 1 atom stereocenters. The molecule has 0 amide bonds. The molecule has 1 rings (SSSR count). The first-order valence-corrected chi connectivity index (χ1v) is 4.89. The van der Waals surface area contributed by atoms with Crippen LogP contribution in [0.25, 0.3) is 0 Å². The van der Waals surface area contributed by atoms with Crippen LogP contribution in [-0.4, -0.2) is 5.33 Å². The summed E-state index contributed by atoms with van der Waals surface area (Å²) in [6.45, 7) is 1.62. The van der Waals surface area contributed by atoms with Gasteiger partial charge >= 0.3 is 0 Å². The number of halogens is 4. The van der Waals surface area contributed by atoms with Crippen molar-refractivity contribution < 1.29 is 13.2 Å². The first kappa shape index (κ1) is 10.6. The number of rotatable bonds is 2. The average molecular weight is 253 g/mol. The predicted octanol–water partition coefficient (Wildman–Crippen LogP) is 3.60. The van der Waals surface area contributed by atoms with Crippen molar-refractivity contribution >= 4 is 15.9 Å². The Kier molecular flexibility index (Phi) is 3.36. The molecule has 0 nitrogen and oxygen atoms in total. The van der Waals surface area contributed by atoms with E-state index in [1.165, 1.54) is 0 Å². The standard InChI is InChI=1S/C9H8BrF3/c1-5(4-10)8-6(11)2-3-7(12)9(8)13/h2-3,5H,4H2,1H3. The Balaban J connectivity index is 3.25. The van der Waals surface area contributed by atoms with E-state index in [1.54, 1.807) is 6.92 Å². The van der Waals surface area contributed by atoms with E-state index < -0.39 is 17.5 Å². The van der Waals surface area contributed by atoms with Gasteiger partial charge in [-0.2, -0.15) is 0 Å². The minimum Gasteiger partial charge on any atom is -0.207 e. The zero-order valence-corrected chi connectivity index (χ0v) is 8.54. The third-order valence-electron chi connectivity index (χ3n) is 1.80. The smallest absolute Gasteiger partial charge is 0.165 e. The van der Waals surface area contributed by atoms with Crippen LogP contribution in [0, 0.1) is 17.5 Å². The summed E-state index contributed by atoms with van der Waals surface area (Å²) in [6, 6.07) is 1.72. The molecule has 1 unspecified atom stereocenters. The van der Waals surface area contributed by atoms with E-state index in [0.29, 0.717) is 5.33 Å². The summed E-state index contributed by atoms with van der Waals surface area (Å²) < 4.78 is 38.8. The molecule has 0 aliphatic rings. The normalized spacial score (nSPS) is 13.0. The van der Waals surface area contributed by atoms with Crippen LogP contribution in [-0.2, 0) is 0 Å². The average Bonchev–Trinajstić information content (AvgIpc) is 2.12. The van der Waals surface area contributed by atoms with Gasteiger partial charge in [0.15, 0.2) is 11.6 Å². The molecular weight excluding hydrogens is 245 g/mol. The Labute approximate surface area is 82.9 Å². The lowest BCUT2D eigenvalue weighted by Gasteiger charge is -2.10. The fourth-order valence-corrected chi connectivity index (χ4v) is 1.40. The number of hydrogen-bond acceptors (Lipinski definition) is 0. The lowest BCUT2D eigenvalue weighted by molar-refractivity contribution is 0.473. The van der Waals surface area contributed by atoms with Gasteiger partial charge in [0.05, 0.1) is 0 Å². The van der Waals surface area contributed by atoms with Gasteiger partial charge in [0, 0.05) is 10.9 Å². The highest BCUT2D eigenvalue weighted by Crippen LogP contribution is 2.25. The van der Waals surface area contributed by atoms with Crippen LogP contribution in [0.1, 0.15) is 18.4 Å². The summed E-state index contributed by atoms with van der Waals surface area (Å²) in [5.74, 6) is -3.18. The predicted molar refractivity (Wildman–Crippen MR) is 48.5 cm³/mol. The third-order valence-corrected chi connectivity index (χ3v) is 2.77. The van der Waals surface area contributed by atoms with Gasteiger partial charge in [-0.05, 0) is 18.1 Å². The van der Waals surface area contributed by atoms with Crippen LogP contribution < -0.4 is 0 Å². The monoisotopic (exact) mass is 252 g/mol. The SMILES string of the molecule is CC(CBr)c1c(F)ccc(F)c1F. The minimum absolute atomic E-state index is 0.197. The molecular formula is C9H8BrF3. The van der Waals surface area contributed by atoms with E-state index in [-0.39, 0.29) is 11.5 Å². The highest BCUT2D eigenvalue weighted by atomic mass is 79.9. The van der Waals surface area contributed by atoms with E-state index in [2.05, 4.69) is 15.9 Å². The highest BCUT2D eigenvalue weighted by molar-refractivity contribution is 9.09. The molecule has 0 saturated carbocycles. The lowest BCUT2D eigenvalue weighted by Crippen LogP contribution is -2.04. The molecule has 0 radical (unpaired) electrons. The van der Waals surface area contributed by atoms with Crippen molar-refractivity contribution in [1.82, 2.24) is 0 Å². The minimum atomic E-state index is -1.09. The Morgan fingerprint density at radius 3 is 2.31 bits per heavy atom. The summed E-state index contributed by atoms with van der Waals surface area (Å²) in [4.78, 5) is 0. The quantitative estimate of drug-likeness (QED) is 0.558. The zero-order valence-electron chi connectivity index (χ0n) is 6.95. The van der Waals surface area contributed by atoms with Gasteiger partial charge in [0.2, 0.25) is 0 Å². The van der Waals surface area contributed by atoms with Crippen LogP contribution in [0.4, 0.5) is 13.2 Å². The maximum absolute atomic E-state index is 13.1. The van der Waals surface area contributed by atoms with Crippen molar-refractivity contribution in [3.63, 3.8) is 0 Å². The van der Waals surface area contributed by atoms with E-state index in [4.69, 9.17) is 0 Å². The largest absolute Gasteiger partial charge is 0.207 e. The molecule has 72 valence electrons. The first-order chi connectivity index (χ1) is 6.07. The summed E-state index contributed by atoms with van der Waals surface area (Å²) in [7, 11) is 0. The molecule has 0 fully saturated rings. The van der Waals surface area contributed by atoms with Crippen molar-refractivity contribution in [2.75, 3.05) is 5.33 Å². The Morgan fingerprint density at radius 2 is 1.77 bits per heavy atom. The number of benzene rings is 1. The van der Waals surface area contributed by atoms with Gasteiger partial charge in [0.1, 0.15) is 5.82 Å². The summed E-state index contributed by atoms with van der Waals surface area (Å²) in [6.07, 6.45) is 0. The van der Waals surface area contributed by atoms with Crippen molar-refractivity contribution in [3.05, 3.63) is 35.1 Å². The summed E-state index contributed by atoms with van der Waals surface area (Å²) in [5.41, 5.74) is -0.197. The molecule has 0 spiro atoms. The van der Waals surface area contributed by atoms with Crippen LogP contribution in [0.2, 0.25) is 0 Å². The van der Waals surface area contributed by atoms with Gasteiger partial charge in [-0.3, -0.25) is 0 Å². The van der Waals surface area contributed by atoms with Crippen LogP contribution in [0.3, 0.4) is 0 Å². The number of alkyl halides is 1. The summed E-state index contributed by atoms with van der Waals surface area (Å²) >= 11 is 3.09. The molecule has 0 aromatic heterocycles. The summed E-state index contributed by atoms with van der Waals surface area (Å²) in [5, 5.41) is 0.393. The fraction of sp³-hybridized carbons (Fsp3) is 0.333. The number of hydrogen-bond donors (Lipinski definition) is 0. The fourth-order valence-electron chi connectivity index (χ4n) is 1.07. The topological polar surface area (TPSA) is 0 Å². The van der Waals surface area contributed by atoms with E-state index in [1.807, 2.05) is 0 Å². The molecule has 0 heterocycles. The van der Waals surface area contributed by atoms with Gasteiger partial charge in [-0.25, -0.2) is 13.2 Å². The van der Waals surface area contributed by atoms with Gasteiger partial charge in [0.25, 0.3) is 0 Å². The molecule has 0 aliphatic heterocycles. The van der Waals surface area contributed by atoms with Crippen LogP contribution in [0.5, 0.6) is 0 Å². The molecule has 0 bridgehead atoms. The van der Waals surface area contributed by atoms with E-state index in [0.717, 1.165) is 12.1 Å². The van der Waals surface area contributed by atoms with E-state index >= 15 is 0 Å². The second-order valence-electron chi connectivity index (χ2n) is 2.81. The molecule has 1 aromatic rings. The first-order valence-electron chi connectivity index (χ1n) is 3.77. The molecule has 0 N–H and O–H groups in total. The van der Waals surface area contributed by atoms with Gasteiger partial charge < -0.3 is 0 Å². The third kappa shape index (κ3) is 2.05. The second kappa shape index (κ2) is 4.13. The Hall–Kier alpha value is -0.510. The zero-order chi connectivity index (χ0) is 10.0. The van der Waals surface area contributed by atoms with Crippen molar-refractivity contribution in [2.24, 2.45) is 0 Å². The Morgan fingerprint density at radius 1 is 1.23 bits per heavy atom. The van der Waals surface area contributed by atoms with Crippen molar-refractivity contribution in [1.29, 1.82) is 0 Å². The van der Waals surface area contributed by atoms with Gasteiger partial charge in [-0.15, -0.1) is 0 Å². The second-order valence-corrected chi connectivity index (χ2v) is 3.46.